The molecule has 0 saturated carbocycles. The molecule has 0 aliphatic carbocycles. The molecule has 12 heavy (non-hydrogen) atoms. The molecule has 3 heteroatoms. The number of rotatable bonds is 0. The summed E-state index contributed by atoms with van der Waals surface area (Å²) in [6, 6.07) is 5.32. The average Bonchev–Trinajstić information content (AvgIpc) is 2.04. The number of aliphatic hydroxyl groups is 1. The molecule has 0 amide bonds. The van der Waals surface area contributed by atoms with Crippen molar-refractivity contribution in [1.82, 2.24) is 5.32 Å². The highest BCUT2D eigenvalue weighted by Gasteiger charge is 2.19. The van der Waals surface area contributed by atoms with Crippen LogP contribution < -0.4 is 5.32 Å². The van der Waals surface area contributed by atoms with Crippen molar-refractivity contribution in [2.75, 3.05) is 6.54 Å². The quantitative estimate of drug-likeness (QED) is 0.525. The lowest BCUT2D eigenvalue weighted by Crippen LogP contribution is -2.29. The maximum absolute atomic E-state index is 9.47. The Morgan fingerprint density at radius 3 is 3.00 bits per heavy atom. The van der Waals surface area contributed by atoms with Gasteiger partial charge in [0.2, 0.25) is 0 Å². The van der Waals surface area contributed by atoms with Gasteiger partial charge in [0.15, 0.2) is 0 Å². The molecule has 0 bridgehead atoms. The highest BCUT2D eigenvalue weighted by Crippen LogP contribution is 2.28. The normalized spacial score (nSPS) is 21.9. The minimum atomic E-state index is -0.713. The molecule has 1 aromatic rings. The summed E-state index contributed by atoms with van der Waals surface area (Å²) in [5.41, 5.74) is 1.66. The third kappa shape index (κ3) is 1.07. The van der Waals surface area contributed by atoms with Crippen molar-refractivity contribution in [2.24, 2.45) is 0 Å². The molecule has 3 N–H and O–H groups in total. The maximum Gasteiger partial charge on any atom is 0.134 e. The fourth-order valence-electron chi connectivity index (χ4n) is 1.58. The highest BCUT2D eigenvalue weighted by molar-refractivity contribution is 5.41. The van der Waals surface area contributed by atoms with Gasteiger partial charge in [0.25, 0.3) is 0 Å². The zero-order valence-corrected chi connectivity index (χ0v) is 6.62. The van der Waals surface area contributed by atoms with Crippen molar-refractivity contribution < 1.29 is 10.2 Å². The molecule has 1 aromatic carbocycles. The summed E-state index contributed by atoms with van der Waals surface area (Å²) >= 11 is 0. The van der Waals surface area contributed by atoms with Crippen LogP contribution in [-0.4, -0.2) is 16.8 Å². The molecular weight excluding hydrogens is 154 g/mol. The Bertz CT molecular complexity index is 299. The van der Waals surface area contributed by atoms with E-state index >= 15 is 0 Å². The van der Waals surface area contributed by atoms with Crippen LogP contribution in [-0.2, 0) is 6.42 Å². The van der Waals surface area contributed by atoms with Gasteiger partial charge in [0.1, 0.15) is 12.0 Å². The molecule has 1 aliphatic heterocycles. The SMILES string of the molecule is Oc1cccc2c1C(O)NCC2. The molecule has 1 atom stereocenters. The predicted octanol–water partition coefficient (Wildman–Crippen LogP) is 0.529. The summed E-state index contributed by atoms with van der Waals surface area (Å²) in [6.07, 6.45) is 0.149. The second-order valence-corrected chi connectivity index (χ2v) is 2.96. The van der Waals surface area contributed by atoms with Crippen LogP contribution in [0.2, 0.25) is 0 Å². The van der Waals surface area contributed by atoms with E-state index in [0.29, 0.717) is 5.56 Å². The van der Waals surface area contributed by atoms with Gasteiger partial charge in [-0.1, -0.05) is 12.1 Å². The first-order chi connectivity index (χ1) is 5.79. The Morgan fingerprint density at radius 2 is 2.25 bits per heavy atom. The molecule has 1 unspecified atom stereocenters. The van der Waals surface area contributed by atoms with Gasteiger partial charge in [-0.05, 0) is 18.1 Å². The molecule has 64 valence electrons. The molecule has 0 saturated heterocycles. The van der Waals surface area contributed by atoms with Crippen LogP contribution in [0.1, 0.15) is 17.4 Å². The maximum atomic E-state index is 9.47. The average molecular weight is 165 g/mol. The van der Waals surface area contributed by atoms with Gasteiger partial charge in [0, 0.05) is 12.1 Å². The second-order valence-electron chi connectivity index (χ2n) is 2.96. The zero-order chi connectivity index (χ0) is 8.55. The summed E-state index contributed by atoms with van der Waals surface area (Å²) in [6.45, 7) is 0.762. The molecule has 2 rings (SSSR count). The van der Waals surface area contributed by atoms with E-state index in [9.17, 15) is 10.2 Å². The number of aliphatic hydroxyl groups excluding tert-OH is 1. The first-order valence-corrected chi connectivity index (χ1v) is 4.01. The third-order valence-electron chi connectivity index (χ3n) is 2.18. The number of phenols is 1. The van der Waals surface area contributed by atoms with Crippen molar-refractivity contribution in [1.29, 1.82) is 0 Å². The van der Waals surface area contributed by atoms with Gasteiger partial charge in [-0.25, -0.2) is 0 Å². The number of hydrogen-bond donors (Lipinski definition) is 3. The van der Waals surface area contributed by atoms with Crippen LogP contribution in [0.3, 0.4) is 0 Å². The van der Waals surface area contributed by atoms with Crippen LogP contribution in [0.15, 0.2) is 18.2 Å². The summed E-state index contributed by atoms with van der Waals surface area (Å²) in [7, 11) is 0. The smallest absolute Gasteiger partial charge is 0.134 e. The lowest BCUT2D eigenvalue weighted by atomic mass is 9.99. The molecule has 0 radical (unpaired) electrons. The van der Waals surface area contributed by atoms with Crippen molar-refractivity contribution in [3.8, 4) is 5.75 Å². The van der Waals surface area contributed by atoms with E-state index in [1.54, 1.807) is 12.1 Å². The van der Waals surface area contributed by atoms with Crippen molar-refractivity contribution in [2.45, 2.75) is 12.6 Å². The Labute approximate surface area is 70.7 Å². The van der Waals surface area contributed by atoms with Gasteiger partial charge in [0.05, 0.1) is 0 Å². The number of benzene rings is 1. The Hall–Kier alpha value is -1.06. The van der Waals surface area contributed by atoms with Crippen molar-refractivity contribution in [3.05, 3.63) is 29.3 Å². The molecule has 0 spiro atoms. The third-order valence-corrected chi connectivity index (χ3v) is 2.18. The lowest BCUT2D eigenvalue weighted by Gasteiger charge is -2.23. The van der Waals surface area contributed by atoms with Gasteiger partial charge < -0.3 is 10.2 Å². The number of fused-ring (bicyclic) bond motifs is 1. The number of nitrogens with one attached hydrogen (secondary N) is 1. The van der Waals surface area contributed by atoms with E-state index in [4.69, 9.17) is 0 Å². The first-order valence-electron chi connectivity index (χ1n) is 4.01. The van der Waals surface area contributed by atoms with E-state index in [-0.39, 0.29) is 5.75 Å². The van der Waals surface area contributed by atoms with E-state index < -0.39 is 6.23 Å². The standard InChI is InChI=1S/C9H11NO2/c11-7-3-1-2-6-4-5-10-9(12)8(6)7/h1-3,9-12H,4-5H2. The summed E-state index contributed by atoms with van der Waals surface area (Å²) < 4.78 is 0. The van der Waals surface area contributed by atoms with Gasteiger partial charge in [-0.3, -0.25) is 5.32 Å². The highest BCUT2D eigenvalue weighted by atomic mass is 16.3. The largest absolute Gasteiger partial charge is 0.508 e. The van der Waals surface area contributed by atoms with Crippen molar-refractivity contribution in [3.63, 3.8) is 0 Å². The number of phenolic OH excluding ortho intramolecular Hbond substituents is 1. The molecule has 1 heterocycles. The van der Waals surface area contributed by atoms with Gasteiger partial charge in [-0.2, -0.15) is 0 Å². The van der Waals surface area contributed by atoms with Crippen LogP contribution in [0.25, 0.3) is 0 Å². The first kappa shape index (κ1) is 7.58. The topological polar surface area (TPSA) is 52.5 Å². The van der Waals surface area contributed by atoms with Crippen LogP contribution in [0.5, 0.6) is 5.75 Å². The molecule has 3 nitrogen and oxygen atoms in total. The van der Waals surface area contributed by atoms with Gasteiger partial charge >= 0.3 is 0 Å². The second kappa shape index (κ2) is 2.77. The van der Waals surface area contributed by atoms with Crippen molar-refractivity contribution >= 4 is 0 Å². The molecule has 0 fully saturated rings. The fourth-order valence-corrected chi connectivity index (χ4v) is 1.58. The molecule has 0 aromatic heterocycles. The minimum absolute atomic E-state index is 0.173. The van der Waals surface area contributed by atoms with E-state index in [1.807, 2.05) is 6.07 Å². The zero-order valence-electron chi connectivity index (χ0n) is 6.62. The Kier molecular flexibility index (Phi) is 1.75. The summed E-state index contributed by atoms with van der Waals surface area (Å²) in [5.74, 6) is 0.173. The summed E-state index contributed by atoms with van der Waals surface area (Å²) in [5, 5.41) is 21.8. The monoisotopic (exact) mass is 165 g/mol. The Balaban J connectivity index is 2.53. The van der Waals surface area contributed by atoms with E-state index in [1.165, 1.54) is 0 Å². The van der Waals surface area contributed by atoms with Gasteiger partial charge in [-0.15, -0.1) is 0 Å². The minimum Gasteiger partial charge on any atom is -0.508 e. The fraction of sp³-hybridized carbons (Fsp3) is 0.333. The molecule has 1 aliphatic rings. The van der Waals surface area contributed by atoms with Crippen LogP contribution in [0.4, 0.5) is 0 Å². The lowest BCUT2D eigenvalue weighted by molar-refractivity contribution is 0.128. The number of hydrogen-bond acceptors (Lipinski definition) is 3. The van der Waals surface area contributed by atoms with E-state index in [0.717, 1.165) is 18.5 Å². The number of aromatic hydroxyl groups is 1. The Morgan fingerprint density at radius 1 is 1.42 bits per heavy atom. The van der Waals surface area contributed by atoms with Crippen LogP contribution >= 0.6 is 0 Å². The predicted molar refractivity (Wildman–Crippen MR) is 44.8 cm³/mol. The molecular formula is C9H11NO2. The summed E-state index contributed by atoms with van der Waals surface area (Å²) in [4.78, 5) is 0. The van der Waals surface area contributed by atoms with E-state index in [2.05, 4.69) is 5.32 Å². The van der Waals surface area contributed by atoms with Crippen LogP contribution in [0, 0.1) is 0 Å².